The van der Waals surface area contributed by atoms with Crippen LogP contribution >= 0.6 is 15.9 Å². The van der Waals surface area contributed by atoms with Gasteiger partial charge in [-0.05, 0) is 52.7 Å². The van der Waals surface area contributed by atoms with Crippen LogP contribution < -0.4 is 5.73 Å². The molecule has 0 aliphatic rings. The van der Waals surface area contributed by atoms with Gasteiger partial charge in [-0.25, -0.2) is 4.98 Å². The zero-order chi connectivity index (χ0) is 13.4. The fourth-order valence-electron chi connectivity index (χ4n) is 2.15. The van der Waals surface area contributed by atoms with E-state index in [0.29, 0.717) is 0 Å². The molecule has 1 atom stereocenters. The molecule has 2 aromatic carbocycles. The van der Waals surface area contributed by atoms with E-state index in [1.165, 1.54) is 0 Å². The van der Waals surface area contributed by atoms with E-state index < -0.39 is 0 Å². The van der Waals surface area contributed by atoms with Crippen LogP contribution in [-0.4, -0.2) is 9.55 Å². The molecule has 0 bridgehead atoms. The first-order valence-electron chi connectivity index (χ1n) is 6.14. The summed E-state index contributed by atoms with van der Waals surface area (Å²) in [6.07, 6.45) is 1.84. The summed E-state index contributed by atoms with van der Waals surface area (Å²) in [6, 6.07) is 14.3. The molecule has 3 rings (SSSR count). The number of imidazole rings is 1. The van der Waals surface area contributed by atoms with Crippen molar-refractivity contribution in [3.05, 3.63) is 58.8 Å². The third-order valence-electron chi connectivity index (χ3n) is 3.21. The van der Waals surface area contributed by atoms with Crippen molar-refractivity contribution < 1.29 is 0 Å². The molecule has 96 valence electrons. The molecule has 0 saturated heterocycles. The number of hydrogen-bond donors (Lipinski definition) is 1. The Hall–Kier alpha value is -1.65. The molecule has 19 heavy (non-hydrogen) atoms. The molecule has 1 heterocycles. The first-order valence-corrected chi connectivity index (χ1v) is 6.93. The Morgan fingerprint density at radius 3 is 2.74 bits per heavy atom. The summed E-state index contributed by atoms with van der Waals surface area (Å²) in [7, 11) is 0. The molecule has 0 aliphatic carbocycles. The van der Waals surface area contributed by atoms with Gasteiger partial charge in [0, 0.05) is 10.5 Å². The van der Waals surface area contributed by atoms with E-state index in [4.69, 9.17) is 5.73 Å². The topological polar surface area (TPSA) is 43.8 Å². The Morgan fingerprint density at radius 2 is 2.00 bits per heavy atom. The average Bonchev–Trinajstić information content (AvgIpc) is 2.82. The van der Waals surface area contributed by atoms with Crippen LogP contribution in [0.2, 0.25) is 0 Å². The Balaban J connectivity index is 2.17. The van der Waals surface area contributed by atoms with Crippen LogP contribution in [0.15, 0.2) is 53.3 Å². The lowest BCUT2D eigenvalue weighted by Crippen LogP contribution is -2.05. The number of hydrogen-bond acceptors (Lipinski definition) is 2. The number of para-hydroxylation sites is 2. The summed E-state index contributed by atoms with van der Waals surface area (Å²) >= 11 is 3.62. The monoisotopic (exact) mass is 315 g/mol. The lowest BCUT2D eigenvalue weighted by Gasteiger charge is -2.11. The summed E-state index contributed by atoms with van der Waals surface area (Å²) in [5, 5.41) is 0. The third-order valence-corrected chi connectivity index (χ3v) is 3.85. The second-order valence-corrected chi connectivity index (χ2v) is 5.46. The minimum atomic E-state index is 0.0323. The van der Waals surface area contributed by atoms with E-state index in [1.807, 2.05) is 31.5 Å². The van der Waals surface area contributed by atoms with Gasteiger partial charge in [-0.1, -0.05) is 18.2 Å². The predicted octanol–water partition coefficient (Wildman–Crippen LogP) is 3.81. The Labute approximate surface area is 120 Å². The highest BCUT2D eigenvalue weighted by Gasteiger charge is 2.09. The number of nitrogens with zero attached hydrogens (tertiary/aromatic N) is 2. The van der Waals surface area contributed by atoms with Crippen molar-refractivity contribution in [3.8, 4) is 5.69 Å². The second kappa shape index (κ2) is 4.79. The second-order valence-electron chi connectivity index (χ2n) is 4.60. The van der Waals surface area contributed by atoms with Crippen molar-refractivity contribution in [2.24, 2.45) is 5.73 Å². The summed E-state index contributed by atoms with van der Waals surface area (Å²) in [4.78, 5) is 4.41. The number of benzene rings is 2. The summed E-state index contributed by atoms with van der Waals surface area (Å²) in [6.45, 7) is 1.98. The van der Waals surface area contributed by atoms with Crippen LogP contribution in [-0.2, 0) is 0 Å². The molecule has 4 heteroatoms. The normalized spacial score (nSPS) is 12.8. The molecule has 0 aliphatic heterocycles. The largest absolute Gasteiger partial charge is 0.324 e. The molecule has 0 spiro atoms. The molecule has 0 saturated carbocycles. The first-order chi connectivity index (χ1) is 9.16. The van der Waals surface area contributed by atoms with Gasteiger partial charge in [-0.15, -0.1) is 0 Å². The zero-order valence-electron chi connectivity index (χ0n) is 10.5. The maximum absolute atomic E-state index is 5.90. The van der Waals surface area contributed by atoms with Crippen molar-refractivity contribution in [2.45, 2.75) is 13.0 Å². The highest BCUT2D eigenvalue weighted by atomic mass is 79.9. The van der Waals surface area contributed by atoms with Gasteiger partial charge in [0.15, 0.2) is 0 Å². The SMILES string of the molecule is C[C@@H](N)c1ccc(-n2cnc3ccccc32)c(Br)c1. The van der Waals surface area contributed by atoms with Crippen LogP contribution in [0.1, 0.15) is 18.5 Å². The van der Waals surface area contributed by atoms with Crippen molar-refractivity contribution in [1.82, 2.24) is 9.55 Å². The molecule has 1 aromatic heterocycles. The predicted molar refractivity (Wildman–Crippen MR) is 81.4 cm³/mol. The maximum atomic E-state index is 5.90. The average molecular weight is 316 g/mol. The number of aromatic nitrogens is 2. The van der Waals surface area contributed by atoms with Crippen LogP contribution in [0.25, 0.3) is 16.7 Å². The Kier molecular flexibility index (Phi) is 3.12. The fourth-order valence-corrected chi connectivity index (χ4v) is 2.74. The van der Waals surface area contributed by atoms with Gasteiger partial charge in [0.1, 0.15) is 6.33 Å². The molecule has 3 nitrogen and oxygen atoms in total. The standard InChI is InChI=1S/C15H14BrN3/c1-10(17)11-6-7-14(12(16)8-11)19-9-18-13-4-2-3-5-15(13)19/h2-10H,17H2,1H3/t10-/m1/s1. The lowest BCUT2D eigenvalue weighted by atomic mass is 10.1. The molecular weight excluding hydrogens is 302 g/mol. The molecule has 0 fully saturated rings. The van der Waals surface area contributed by atoms with E-state index in [9.17, 15) is 0 Å². The van der Waals surface area contributed by atoms with Gasteiger partial charge >= 0.3 is 0 Å². The quantitative estimate of drug-likeness (QED) is 0.781. The van der Waals surface area contributed by atoms with Crippen LogP contribution in [0.5, 0.6) is 0 Å². The van der Waals surface area contributed by atoms with Crippen molar-refractivity contribution >= 4 is 27.0 Å². The molecule has 3 aromatic rings. The number of halogens is 1. The van der Waals surface area contributed by atoms with E-state index in [0.717, 1.165) is 26.8 Å². The minimum Gasteiger partial charge on any atom is -0.324 e. The molecule has 0 radical (unpaired) electrons. The molecular formula is C15H14BrN3. The number of rotatable bonds is 2. The lowest BCUT2D eigenvalue weighted by molar-refractivity contribution is 0.816. The first kappa shape index (κ1) is 12.4. The fraction of sp³-hybridized carbons (Fsp3) is 0.133. The smallest absolute Gasteiger partial charge is 0.100 e. The van der Waals surface area contributed by atoms with Gasteiger partial charge in [-0.3, -0.25) is 4.57 Å². The van der Waals surface area contributed by atoms with Crippen molar-refractivity contribution in [1.29, 1.82) is 0 Å². The van der Waals surface area contributed by atoms with E-state index in [2.05, 4.69) is 49.7 Å². The highest BCUT2D eigenvalue weighted by Crippen LogP contribution is 2.27. The molecule has 0 amide bonds. The van der Waals surface area contributed by atoms with E-state index in [1.54, 1.807) is 0 Å². The van der Waals surface area contributed by atoms with Crippen molar-refractivity contribution in [2.75, 3.05) is 0 Å². The van der Waals surface area contributed by atoms with E-state index >= 15 is 0 Å². The highest BCUT2D eigenvalue weighted by molar-refractivity contribution is 9.10. The third kappa shape index (κ3) is 2.17. The molecule has 2 N–H and O–H groups in total. The van der Waals surface area contributed by atoms with Gasteiger partial charge in [0.2, 0.25) is 0 Å². The summed E-state index contributed by atoms with van der Waals surface area (Å²) in [5.74, 6) is 0. The minimum absolute atomic E-state index is 0.0323. The van der Waals surface area contributed by atoms with Gasteiger partial charge in [-0.2, -0.15) is 0 Å². The van der Waals surface area contributed by atoms with Crippen molar-refractivity contribution in [3.63, 3.8) is 0 Å². The number of nitrogens with two attached hydrogens (primary N) is 1. The van der Waals surface area contributed by atoms with Gasteiger partial charge in [0.05, 0.1) is 16.7 Å². The van der Waals surface area contributed by atoms with Gasteiger partial charge in [0.25, 0.3) is 0 Å². The summed E-state index contributed by atoms with van der Waals surface area (Å²) in [5.41, 5.74) is 10.2. The Bertz CT molecular complexity index is 731. The van der Waals surface area contributed by atoms with Crippen LogP contribution in [0.4, 0.5) is 0 Å². The van der Waals surface area contributed by atoms with Crippen LogP contribution in [0.3, 0.4) is 0 Å². The van der Waals surface area contributed by atoms with Crippen LogP contribution in [0, 0.1) is 0 Å². The van der Waals surface area contributed by atoms with E-state index in [-0.39, 0.29) is 6.04 Å². The molecule has 0 unspecified atom stereocenters. The Morgan fingerprint density at radius 1 is 1.21 bits per heavy atom. The van der Waals surface area contributed by atoms with Gasteiger partial charge < -0.3 is 5.73 Å². The maximum Gasteiger partial charge on any atom is 0.100 e. The summed E-state index contributed by atoms with van der Waals surface area (Å²) < 4.78 is 3.09. The number of fused-ring (bicyclic) bond motifs is 1. The zero-order valence-corrected chi connectivity index (χ0v) is 12.1.